The predicted molar refractivity (Wildman–Crippen MR) is 101 cm³/mol. The first-order valence-corrected chi connectivity index (χ1v) is 9.53. The lowest BCUT2D eigenvalue weighted by Gasteiger charge is -2.18. The third kappa shape index (κ3) is 3.19. The molecule has 0 spiro atoms. The smallest absolute Gasteiger partial charge is 0.339 e. The van der Waals surface area contributed by atoms with Crippen molar-refractivity contribution in [2.45, 2.75) is 52.6 Å². The first kappa shape index (κ1) is 18.3. The quantitative estimate of drug-likeness (QED) is 0.631. The van der Waals surface area contributed by atoms with Crippen LogP contribution in [0.15, 0.2) is 31.8 Å². The van der Waals surface area contributed by atoms with E-state index < -0.39 is 5.97 Å². The van der Waals surface area contributed by atoms with Crippen molar-refractivity contribution in [3.8, 4) is 5.75 Å². The van der Waals surface area contributed by atoms with Crippen molar-refractivity contribution in [1.29, 1.82) is 0 Å². The minimum Gasteiger partial charge on any atom is -0.542 e. The van der Waals surface area contributed by atoms with Gasteiger partial charge in [0, 0.05) is 22.6 Å². The lowest BCUT2D eigenvalue weighted by atomic mass is 9.90. The van der Waals surface area contributed by atoms with Crippen LogP contribution in [0.25, 0.3) is 11.0 Å². The van der Waals surface area contributed by atoms with Crippen LogP contribution >= 0.6 is 0 Å². The van der Waals surface area contributed by atoms with Gasteiger partial charge in [0.25, 0.3) is 0 Å². The predicted octanol–water partition coefficient (Wildman–Crippen LogP) is 3.08. The van der Waals surface area contributed by atoms with Crippen molar-refractivity contribution in [2.75, 3.05) is 0 Å². The van der Waals surface area contributed by atoms with Crippen LogP contribution in [-0.4, -0.2) is 5.97 Å². The number of carbonyl (C=O) groups excluding carboxylic acids is 1. The summed E-state index contributed by atoms with van der Waals surface area (Å²) in [5.41, 5.74) is 3.81. The molecule has 6 heteroatoms. The highest BCUT2D eigenvalue weighted by molar-refractivity contribution is 5.84. The van der Waals surface area contributed by atoms with Crippen LogP contribution in [0.1, 0.15) is 58.3 Å². The maximum absolute atomic E-state index is 12.4. The molecule has 0 saturated carbocycles. The molecule has 1 aliphatic carbocycles. The van der Waals surface area contributed by atoms with Crippen molar-refractivity contribution >= 4 is 16.9 Å². The van der Waals surface area contributed by atoms with Crippen molar-refractivity contribution in [3.05, 3.63) is 62.4 Å². The second kappa shape index (κ2) is 7.19. The fourth-order valence-corrected chi connectivity index (χ4v) is 3.85. The Labute approximate surface area is 161 Å². The molecule has 0 N–H and O–H groups in total. The molecule has 0 bridgehead atoms. The molecule has 0 amide bonds. The number of aryl methyl sites for hydroxylation is 3. The average molecular weight is 381 g/mol. The van der Waals surface area contributed by atoms with E-state index in [2.05, 4.69) is 0 Å². The van der Waals surface area contributed by atoms with E-state index in [9.17, 15) is 14.7 Å². The van der Waals surface area contributed by atoms with Crippen molar-refractivity contribution in [2.24, 2.45) is 0 Å². The van der Waals surface area contributed by atoms with Crippen LogP contribution in [0, 0.1) is 6.92 Å². The van der Waals surface area contributed by atoms with E-state index in [0.717, 1.165) is 54.2 Å². The summed E-state index contributed by atoms with van der Waals surface area (Å²) < 4.78 is 16.7. The Kier molecular flexibility index (Phi) is 4.71. The van der Waals surface area contributed by atoms with Crippen molar-refractivity contribution in [1.82, 2.24) is 0 Å². The van der Waals surface area contributed by atoms with Gasteiger partial charge < -0.3 is 23.5 Å². The zero-order valence-corrected chi connectivity index (χ0v) is 15.9. The standard InChI is InChI=1S/C22H22O6/c1-3-13-8-17-15-6-4-5-7-16(15)22(25)28-19(17)10-18(13)26-11-14-9-20(21(23)24)27-12(14)2/h8-10H,3-7,11H2,1-2H3,(H,23,24)/p-1. The van der Waals surface area contributed by atoms with Crippen LogP contribution in [0.5, 0.6) is 5.75 Å². The molecule has 0 atom stereocenters. The number of furan rings is 1. The van der Waals surface area contributed by atoms with Crippen LogP contribution in [0.4, 0.5) is 0 Å². The van der Waals surface area contributed by atoms with E-state index in [-0.39, 0.29) is 18.0 Å². The summed E-state index contributed by atoms with van der Waals surface area (Å²) in [4.78, 5) is 23.3. The molecule has 146 valence electrons. The van der Waals surface area contributed by atoms with Crippen LogP contribution in [0.3, 0.4) is 0 Å². The number of carboxylic acid groups (broad SMARTS) is 1. The number of hydrogen-bond donors (Lipinski definition) is 0. The maximum atomic E-state index is 12.4. The Bertz CT molecular complexity index is 1120. The molecule has 3 aromatic rings. The molecule has 0 aliphatic heterocycles. The van der Waals surface area contributed by atoms with Gasteiger partial charge in [0.2, 0.25) is 0 Å². The van der Waals surface area contributed by atoms with Crippen LogP contribution in [-0.2, 0) is 25.9 Å². The van der Waals surface area contributed by atoms with Gasteiger partial charge in [0.1, 0.15) is 35.4 Å². The summed E-state index contributed by atoms with van der Waals surface area (Å²) in [6.45, 7) is 3.87. The number of aromatic carboxylic acids is 1. The molecular weight excluding hydrogens is 360 g/mol. The Hall–Kier alpha value is -3.02. The molecule has 2 aromatic heterocycles. The van der Waals surface area contributed by atoms with Gasteiger partial charge in [0.15, 0.2) is 0 Å². The highest BCUT2D eigenvalue weighted by Crippen LogP contribution is 2.32. The Balaban J connectivity index is 1.71. The van der Waals surface area contributed by atoms with E-state index in [1.165, 1.54) is 6.07 Å². The molecule has 28 heavy (non-hydrogen) atoms. The number of benzene rings is 1. The lowest BCUT2D eigenvalue weighted by Crippen LogP contribution is -2.21. The fourth-order valence-electron chi connectivity index (χ4n) is 3.85. The molecular formula is C22H21O6-. The van der Waals surface area contributed by atoms with E-state index in [0.29, 0.717) is 22.7 Å². The number of carboxylic acids is 1. The molecule has 4 rings (SSSR count). The first-order valence-electron chi connectivity index (χ1n) is 9.53. The topological polar surface area (TPSA) is 92.7 Å². The molecule has 0 radical (unpaired) electrons. The van der Waals surface area contributed by atoms with Gasteiger partial charge in [-0.3, -0.25) is 0 Å². The van der Waals surface area contributed by atoms with Gasteiger partial charge >= 0.3 is 5.63 Å². The number of ether oxygens (including phenoxy) is 1. The zero-order valence-electron chi connectivity index (χ0n) is 15.9. The summed E-state index contributed by atoms with van der Waals surface area (Å²) in [6, 6.07) is 5.22. The number of carbonyl (C=O) groups is 1. The highest BCUT2D eigenvalue weighted by atomic mass is 16.5. The first-order chi connectivity index (χ1) is 13.5. The van der Waals surface area contributed by atoms with Gasteiger partial charge in [-0.25, -0.2) is 4.79 Å². The zero-order chi connectivity index (χ0) is 19.8. The number of rotatable bonds is 5. The van der Waals surface area contributed by atoms with Gasteiger partial charge in [-0.15, -0.1) is 0 Å². The highest BCUT2D eigenvalue weighted by Gasteiger charge is 2.20. The Morgan fingerprint density at radius 3 is 2.54 bits per heavy atom. The second-order valence-corrected chi connectivity index (χ2v) is 7.13. The van der Waals surface area contributed by atoms with E-state index in [1.807, 2.05) is 13.0 Å². The van der Waals surface area contributed by atoms with E-state index in [1.54, 1.807) is 13.0 Å². The minimum atomic E-state index is -1.36. The summed E-state index contributed by atoms with van der Waals surface area (Å²) in [6.07, 6.45) is 4.51. The summed E-state index contributed by atoms with van der Waals surface area (Å²) in [7, 11) is 0. The van der Waals surface area contributed by atoms with Gasteiger partial charge in [-0.1, -0.05) is 6.92 Å². The molecule has 0 fully saturated rings. The third-order valence-corrected chi connectivity index (χ3v) is 5.39. The van der Waals surface area contributed by atoms with Gasteiger partial charge in [0.05, 0.1) is 0 Å². The lowest BCUT2D eigenvalue weighted by molar-refractivity contribution is -0.257. The summed E-state index contributed by atoms with van der Waals surface area (Å²) in [5.74, 6) is -0.494. The monoisotopic (exact) mass is 381 g/mol. The van der Waals surface area contributed by atoms with Gasteiger partial charge in [-0.2, -0.15) is 0 Å². The minimum absolute atomic E-state index is 0.149. The third-order valence-electron chi connectivity index (χ3n) is 5.39. The number of fused-ring (bicyclic) bond motifs is 3. The molecule has 2 heterocycles. The Morgan fingerprint density at radius 1 is 1.11 bits per heavy atom. The second-order valence-electron chi connectivity index (χ2n) is 7.13. The molecule has 0 unspecified atom stereocenters. The van der Waals surface area contributed by atoms with Crippen molar-refractivity contribution < 1.29 is 23.5 Å². The van der Waals surface area contributed by atoms with Crippen LogP contribution in [0.2, 0.25) is 0 Å². The van der Waals surface area contributed by atoms with Crippen molar-refractivity contribution in [3.63, 3.8) is 0 Å². The summed E-state index contributed by atoms with van der Waals surface area (Å²) >= 11 is 0. The molecule has 1 aromatic carbocycles. The molecule has 0 saturated heterocycles. The number of hydrogen-bond acceptors (Lipinski definition) is 6. The SMILES string of the molecule is CCc1cc2c3c(c(=O)oc2cc1OCc1cc(C(=O)[O-])oc1C)CCCC3. The summed E-state index contributed by atoms with van der Waals surface area (Å²) in [5, 5.41) is 11.9. The normalized spacial score (nSPS) is 13.5. The largest absolute Gasteiger partial charge is 0.542 e. The van der Waals surface area contributed by atoms with Crippen LogP contribution < -0.4 is 15.5 Å². The maximum Gasteiger partial charge on any atom is 0.339 e. The Morgan fingerprint density at radius 2 is 1.86 bits per heavy atom. The van der Waals surface area contributed by atoms with E-state index >= 15 is 0 Å². The molecule has 6 nitrogen and oxygen atoms in total. The fraction of sp³-hybridized carbons (Fsp3) is 0.364. The van der Waals surface area contributed by atoms with E-state index in [4.69, 9.17) is 13.6 Å². The average Bonchev–Trinajstić information content (AvgIpc) is 3.07. The van der Waals surface area contributed by atoms with Gasteiger partial charge in [-0.05, 0) is 62.3 Å². The molecule has 1 aliphatic rings.